The maximum absolute atomic E-state index is 12.9. The molecule has 2 aliphatic carbocycles. The number of aryl methyl sites for hydroxylation is 2. The Morgan fingerprint density at radius 2 is 1.30 bits per heavy atom. The molecule has 2 aromatic rings. The minimum absolute atomic E-state index is 0.136. The molecule has 0 radical (unpaired) electrons. The van der Waals surface area contributed by atoms with Crippen LogP contribution in [-0.4, -0.2) is 5.78 Å². The van der Waals surface area contributed by atoms with Gasteiger partial charge in [0.25, 0.3) is 0 Å². The number of hydrogen-bond acceptors (Lipinski definition) is 1. The van der Waals surface area contributed by atoms with Gasteiger partial charge in [-0.1, -0.05) is 48.5 Å². The molecule has 0 aromatic heterocycles. The van der Waals surface area contributed by atoms with Crippen LogP contribution >= 0.6 is 0 Å². The molecule has 0 saturated carbocycles. The summed E-state index contributed by atoms with van der Waals surface area (Å²) in [5.41, 5.74) is 4.96. The van der Waals surface area contributed by atoms with Crippen molar-refractivity contribution < 1.29 is 4.79 Å². The van der Waals surface area contributed by atoms with Crippen molar-refractivity contribution in [3.8, 4) is 0 Å². The first-order valence-electron chi connectivity index (χ1n) is 7.48. The summed E-state index contributed by atoms with van der Waals surface area (Å²) in [6.07, 6.45) is 5.01. The Bertz CT molecular complexity index is 657. The van der Waals surface area contributed by atoms with Crippen LogP contribution in [0.5, 0.6) is 0 Å². The molecule has 100 valence electrons. The van der Waals surface area contributed by atoms with Crippen LogP contribution in [-0.2, 0) is 19.3 Å². The van der Waals surface area contributed by atoms with Gasteiger partial charge in [0.1, 0.15) is 0 Å². The Labute approximate surface area is 119 Å². The van der Waals surface area contributed by atoms with E-state index < -0.39 is 0 Å². The van der Waals surface area contributed by atoms with Gasteiger partial charge in [0.05, 0.1) is 0 Å². The van der Waals surface area contributed by atoms with E-state index in [1.54, 1.807) is 0 Å². The van der Waals surface area contributed by atoms with E-state index in [0.29, 0.717) is 5.78 Å². The molecule has 4 rings (SSSR count). The van der Waals surface area contributed by atoms with Gasteiger partial charge in [0, 0.05) is 11.0 Å². The van der Waals surface area contributed by atoms with Gasteiger partial charge < -0.3 is 0 Å². The molecule has 0 saturated heterocycles. The van der Waals surface area contributed by atoms with Gasteiger partial charge in [0.2, 0.25) is 0 Å². The highest BCUT2D eigenvalue weighted by Crippen LogP contribution is 2.45. The predicted octanol–water partition coefficient (Wildman–Crippen LogP) is 3.99. The zero-order chi connectivity index (χ0) is 13.6. The Hall–Kier alpha value is -1.89. The quantitative estimate of drug-likeness (QED) is 0.701. The number of ketones is 1. The number of carbonyl (C=O) groups is 1. The molecular weight excluding hydrogens is 244 g/mol. The van der Waals surface area contributed by atoms with E-state index >= 15 is 0 Å². The predicted molar refractivity (Wildman–Crippen MR) is 80.0 cm³/mol. The van der Waals surface area contributed by atoms with E-state index in [1.807, 2.05) is 12.1 Å². The highest BCUT2D eigenvalue weighted by molar-refractivity contribution is 6.05. The molecule has 0 fully saturated rings. The van der Waals surface area contributed by atoms with Crippen LogP contribution in [0, 0.1) is 5.41 Å². The van der Waals surface area contributed by atoms with Crippen molar-refractivity contribution in [2.75, 3.05) is 0 Å². The summed E-state index contributed by atoms with van der Waals surface area (Å²) in [7, 11) is 0. The molecule has 0 unspecified atom stereocenters. The molecule has 2 aliphatic rings. The number of benzene rings is 2. The maximum Gasteiger partial charge on any atom is 0.169 e. The number of hydrogen-bond donors (Lipinski definition) is 0. The average Bonchev–Trinajstić information content (AvgIpc) is 2.65. The van der Waals surface area contributed by atoms with Gasteiger partial charge in [-0.2, -0.15) is 0 Å². The largest absolute Gasteiger partial charge is 0.294 e. The zero-order valence-electron chi connectivity index (χ0n) is 11.6. The van der Waals surface area contributed by atoms with E-state index in [1.165, 1.54) is 16.7 Å². The third kappa shape index (κ3) is 1.66. The second kappa shape index (κ2) is 4.31. The van der Waals surface area contributed by atoms with Crippen molar-refractivity contribution in [1.82, 2.24) is 0 Å². The van der Waals surface area contributed by atoms with Gasteiger partial charge in [-0.05, 0) is 48.8 Å². The topological polar surface area (TPSA) is 17.1 Å². The van der Waals surface area contributed by atoms with Crippen LogP contribution in [0.25, 0.3) is 0 Å². The van der Waals surface area contributed by atoms with Crippen molar-refractivity contribution in [1.29, 1.82) is 0 Å². The van der Waals surface area contributed by atoms with E-state index in [4.69, 9.17) is 0 Å². The lowest BCUT2D eigenvalue weighted by Crippen LogP contribution is -2.28. The summed E-state index contributed by atoms with van der Waals surface area (Å²) >= 11 is 0. The zero-order valence-corrected chi connectivity index (χ0v) is 11.6. The van der Waals surface area contributed by atoms with E-state index in [0.717, 1.165) is 37.7 Å². The summed E-state index contributed by atoms with van der Waals surface area (Å²) in [5, 5.41) is 0. The molecule has 0 amide bonds. The van der Waals surface area contributed by atoms with Gasteiger partial charge in [-0.25, -0.2) is 0 Å². The van der Waals surface area contributed by atoms with Crippen molar-refractivity contribution >= 4 is 5.78 Å². The minimum Gasteiger partial charge on any atom is -0.294 e. The van der Waals surface area contributed by atoms with E-state index in [2.05, 4.69) is 36.4 Å². The van der Waals surface area contributed by atoms with E-state index in [9.17, 15) is 4.79 Å². The van der Waals surface area contributed by atoms with Crippen LogP contribution in [0.4, 0.5) is 0 Å². The monoisotopic (exact) mass is 262 g/mol. The van der Waals surface area contributed by atoms with Crippen LogP contribution in [0.3, 0.4) is 0 Å². The highest BCUT2D eigenvalue weighted by Gasteiger charge is 2.45. The molecule has 0 heterocycles. The van der Waals surface area contributed by atoms with Gasteiger partial charge in [0.15, 0.2) is 5.78 Å². The fourth-order valence-electron chi connectivity index (χ4n) is 3.95. The van der Waals surface area contributed by atoms with Crippen LogP contribution in [0.15, 0.2) is 48.5 Å². The lowest BCUT2D eigenvalue weighted by Gasteiger charge is -2.25. The first kappa shape index (κ1) is 11.9. The molecule has 2 aromatic carbocycles. The molecule has 1 heteroatoms. The summed E-state index contributed by atoms with van der Waals surface area (Å²) in [6.45, 7) is 0. The lowest BCUT2D eigenvalue weighted by molar-refractivity contribution is 0.0794. The van der Waals surface area contributed by atoms with E-state index in [-0.39, 0.29) is 5.41 Å². The van der Waals surface area contributed by atoms with Crippen LogP contribution in [0.1, 0.15) is 39.9 Å². The number of rotatable bonds is 0. The van der Waals surface area contributed by atoms with Crippen molar-refractivity contribution in [2.45, 2.75) is 32.1 Å². The smallest absolute Gasteiger partial charge is 0.169 e. The molecule has 20 heavy (non-hydrogen) atoms. The Balaban J connectivity index is 1.71. The van der Waals surface area contributed by atoms with Gasteiger partial charge in [-0.15, -0.1) is 0 Å². The summed E-state index contributed by atoms with van der Waals surface area (Å²) < 4.78 is 0. The first-order valence-corrected chi connectivity index (χ1v) is 7.48. The molecule has 0 bridgehead atoms. The van der Waals surface area contributed by atoms with Crippen LogP contribution < -0.4 is 0 Å². The molecule has 1 nitrogen and oxygen atoms in total. The SMILES string of the molecule is O=C1c2ccccc2CC12CCc1ccccc1CC2. The third-order valence-electron chi connectivity index (χ3n) is 5.14. The Kier molecular flexibility index (Phi) is 2.56. The van der Waals surface area contributed by atoms with Crippen molar-refractivity contribution in [3.63, 3.8) is 0 Å². The normalized spacial score (nSPS) is 19.5. The third-order valence-corrected chi connectivity index (χ3v) is 5.14. The molecular formula is C19H18O. The fraction of sp³-hybridized carbons (Fsp3) is 0.316. The summed E-state index contributed by atoms with van der Waals surface area (Å²) in [5.74, 6) is 0.390. The number of carbonyl (C=O) groups excluding carboxylic acids is 1. The Morgan fingerprint density at radius 3 is 1.90 bits per heavy atom. The molecule has 0 atom stereocenters. The van der Waals surface area contributed by atoms with Gasteiger partial charge >= 0.3 is 0 Å². The molecule has 1 spiro atoms. The second-order valence-corrected chi connectivity index (χ2v) is 6.21. The van der Waals surface area contributed by atoms with Crippen LogP contribution in [0.2, 0.25) is 0 Å². The fourth-order valence-corrected chi connectivity index (χ4v) is 3.95. The van der Waals surface area contributed by atoms with Crippen molar-refractivity contribution in [3.05, 3.63) is 70.8 Å². The number of Topliss-reactive ketones (excluding diaryl/α,β-unsaturated/α-hetero) is 1. The summed E-state index contributed by atoms with van der Waals surface area (Å²) in [6, 6.07) is 16.8. The lowest BCUT2D eigenvalue weighted by atomic mass is 9.76. The first-order chi connectivity index (χ1) is 9.78. The highest BCUT2D eigenvalue weighted by atomic mass is 16.1. The Morgan fingerprint density at radius 1 is 0.750 bits per heavy atom. The van der Waals surface area contributed by atoms with Gasteiger partial charge in [-0.3, -0.25) is 4.79 Å². The molecule has 0 aliphatic heterocycles. The molecule has 0 N–H and O–H groups in total. The standard InChI is InChI=1S/C19H18O/c20-18-17-8-4-3-7-16(17)13-19(18)11-9-14-5-1-2-6-15(14)10-12-19/h1-8H,9-13H2. The number of fused-ring (bicyclic) bond motifs is 2. The minimum atomic E-state index is -0.136. The van der Waals surface area contributed by atoms with Crippen molar-refractivity contribution in [2.24, 2.45) is 5.41 Å². The maximum atomic E-state index is 12.9. The average molecular weight is 262 g/mol. The second-order valence-electron chi connectivity index (χ2n) is 6.21. The summed E-state index contributed by atoms with van der Waals surface area (Å²) in [4.78, 5) is 12.9.